The molecule has 0 aliphatic carbocycles. The highest BCUT2D eigenvalue weighted by molar-refractivity contribution is 5.76. The molecule has 1 amide bonds. The second-order valence-electron chi connectivity index (χ2n) is 8.74. The Labute approximate surface area is 184 Å². The van der Waals surface area contributed by atoms with Gasteiger partial charge in [-0.25, -0.2) is 4.39 Å². The second-order valence-corrected chi connectivity index (χ2v) is 8.74. The van der Waals surface area contributed by atoms with E-state index in [4.69, 9.17) is 16.2 Å². The maximum Gasteiger partial charge on any atom is 0.222 e. The van der Waals surface area contributed by atoms with Crippen molar-refractivity contribution < 1.29 is 13.9 Å². The van der Waals surface area contributed by atoms with E-state index in [2.05, 4.69) is 9.80 Å². The van der Waals surface area contributed by atoms with Crippen LogP contribution in [-0.4, -0.2) is 73.7 Å². The second kappa shape index (κ2) is 10.8. The molecule has 2 fully saturated rings. The van der Waals surface area contributed by atoms with Gasteiger partial charge in [-0.15, -0.1) is 0 Å². The zero-order valence-electron chi connectivity index (χ0n) is 18.7. The van der Waals surface area contributed by atoms with E-state index in [9.17, 15) is 9.18 Å². The Morgan fingerprint density at radius 3 is 2.61 bits per heavy atom. The summed E-state index contributed by atoms with van der Waals surface area (Å²) in [5.74, 6) is 0.478. The van der Waals surface area contributed by atoms with Gasteiger partial charge in [-0.3, -0.25) is 9.69 Å². The van der Waals surface area contributed by atoms with E-state index >= 15 is 0 Å². The van der Waals surface area contributed by atoms with Crippen molar-refractivity contribution in [3.63, 3.8) is 0 Å². The van der Waals surface area contributed by atoms with E-state index in [0.717, 1.165) is 56.9 Å². The summed E-state index contributed by atoms with van der Waals surface area (Å²) in [6.45, 7) is 9.13. The molecule has 0 spiro atoms. The average molecular weight is 434 g/mol. The lowest BCUT2D eigenvalue weighted by Gasteiger charge is -2.37. The average Bonchev–Trinajstić information content (AvgIpc) is 2.70. The zero-order chi connectivity index (χ0) is 22.4. The van der Waals surface area contributed by atoms with Crippen LogP contribution in [0, 0.1) is 5.82 Å². The van der Waals surface area contributed by atoms with Gasteiger partial charge in [-0.2, -0.15) is 0 Å². The molecule has 1 aromatic carbocycles. The zero-order valence-corrected chi connectivity index (χ0v) is 18.7. The van der Waals surface area contributed by atoms with Gasteiger partial charge in [0.1, 0.15) is 11.6 Å². The number of piperidine rings is 1. The maximum absolute atomic E-state index is 13.7. The Kier molecular flexibility index (Phi) is 8.15. The molecule has 31 heavy (non-hydrogen) atoms. The van der Waals surface area contributed by atoms with Gasteiger partial charge < -0.3 is 26.0 Å². The lowest BCUT2D eigenvalue weighted by molar-refractivity contribution is -0.133. The molecule has 2 aliphatic heterocycles. The van der Waals surface area contributed by atoms with Gasteiger partial charge in [0.25, 0.3) is 0 Å². The van der Waals surface area contributed by atoms with Crippen molar-refractivity contribution in [2.45, 2.75) is 45.3 Å². The molecule has 0 bridgehead atoms. The number of halogens is 1. The summed E-state index contributed by atoms with van der Waals surface area (Å²) in [5, 5.41) is 0. The van der Waals surface area contributed by atoms with Crippen LogP contribution in [0.5, 0.6) is 5.75 Å². The molecule has 2 heterocycles. The van der Waals surface area contributed by atoms with Crippen LogP contribution in [0.4, 0.5) is 10.1 Å². The number of rotatable bonds is 8. The predicted molar refractivity (Wildman–Crippen MR) is 121 cm³/mol. The van der Waals surface area contributed by atoms with Crippen LogP contribution >= 0.6 is 0 Å². The van der Waals surface area contributed by atoms with Gasteiger partial charge in [0.15, 0.2) is 0 Å². The standard InChI is InChI=1S/C23H36FN5O2/c1-17(2)31-22-13-18(24)6-7-21(22)28-11-9-27(10-12-28)15-19(25)14-20(26)16-29-8-4-3-5-23(29)30/h6-7,13-14,17,20H,3-5,8-12,15-16,25-26H2,1-2H3/b19-14-. The highest BCUT2D eigenvalue weighted by Crippen LogP contribution is 2.31. The summed E-state index contributed by atoms with van der Waals surface area (Å²) in [4.78, 5) is 18.3. The topological polar surface area (TPSA) is 88.1 Å². The number of benzene rings is 1. The number of amides is 1. The van der Waals surface area contributed by atoms with Crippen LogP contribution in [0.2, 0.25) is 0 Å². The van der Waals surface area contributed by atoms with Crippen LogP contribution in [0.1, 0.15) is 33.1 Å². The molecule has 7 nitrogen and oxygen atoms in total. The highest BCUT2D eigenvalue weighted by atomic mass is 19.1. The number of nitrogens with zero attached hydrogens (tertiary/aromatic N) is 3. The number of carbonyl (C=O) groups is 1. The van der Waals surface area contributed by atoms with Crippen molar-refractivity contribution in [3.05, 3.63) is 35.8 Å². The molecule has 2 saturated heterocycles. The largest absolute Gasteiger partial charge is 0.489 e. The summed E-state index contributed by atoms with van der Waals surface area (Å²) in [7, 11) is 0. The first kappa shape index (κ1) is 23.3. The number of hydrogen-bond donors (Lipinski definition) is 2. The number of likely N-dealkylation sites (tertiary alicyclic amines) is 1. The molecular formula is C23H36FN5O2. The first-order valence-corrected chi connectivity index (χ1v) is 11.2. The minimum Gasteiger partial charge on any atom is -0.489 e. The Hall–Kier alpha value is -2.32. The Balaban J connectivity index is 1.50. The van der Waals surface area contributed by atoms with Crippen molar-refractivity contribution in [1.82, 2.24) is 9.80 Å². The number of hydrogen-bond acceptors (Lipinski definition) is 6. The number of nitrogens with two attached hydrogens (primary N) is 2. The molecule has 172 valence electrons. The van der Waals surface area contributed by atoms with Gasteiger partial charge >= 0.3 is 0 Å². The number of ether oxygens (including phenoxy) is 1. The van der Waals surface area contributed by atoms with Gasteiger partial charge in [0, 0.05) is 70.0 Å². The fourth-order valence-electron chi connectivity index (χ4n) is 4.19. The van der Waals surface area contributed by atoms with E-state index in [1.54, 1.807) is 6.07 Å². The van der Waals surface area contributed by atoms with Crippen LogP contribution < -0.4 is 21.1 Å². The van der Waals surface area contributed by atoms with Gasteiger partial charge in [0.05, 0.1) is 11.8 Å². The number of carbonyl (C=O) groups excluding carboxylic acids is 1. The van der Waals surface area contributed by atoms with Crippen LogP contribution in [0.25, 0.3) is 0 Å². The normalized spacial score (nSPS) is 19.8. The van der Waals surface area contributed by atoms with E-state index in [1.807, 2.05) is 24.8 Å². The lowest BCUT2D eigenvalue weighted by Crippen LogP contribution is -2.48. The molecular weight excluding hydrogens is 397 g/mol. The molecule has 3 rings (SSSR count). The molecule has 0 saturated carbocycles. The molecule has 1 atom stereocenters. The monoisotopic (exact) mass is 433 g/mol. The summed E-state index contributed by atoms with van der Waals surface area (Å²) in [6, 6.07) is 4.47. The first-order valence-electron chi connectivity index (χ1n) is 11.2. The van der Waals surface area contributed by atoms with Crippen LogP contribution in [0.3, 0.4) is 0 Å². The fourth-order valence-corrected chi connectivity index (χ4v) is 4.19. The molecule has 2 aliphatic rings. The van der Waals surface area contributed by atoms with Gasteiger partial charge in [-0.05, 0) is 44.9 Å². The molecule has 4 N–H and O–H groups in total. The smallest absolute Gasteiger partial charge is 0.222 e. The SMILES string of the molecule is CC(C)Oc1cc(F)ccc1N1CCN(C/C(N)=C/C(N)CN2CCCCC2=O)CC1. The third-order valence-corrected chi connectivity index (χ3v) is 5.68. The summed E-state index contributed by atoms with van der Waals surface area (Å²) >= 11 is 0. The van der Waals surface area contributed by atoms with E-state index < -0.39 is 0 Å². The lowest BCUT2D eigenvalue weighted by atomic mass is 10.1. The predicted octanol–water partition coefficient (Wildman–Crippen LogP) is 1.92. The summed E-state index contributed by atoms with van der Waals surface area (Å²) in [6.07, 6.45) is 4.49. The maximum atomic E-state index is 13.7. The van der Waals surface area contributed by atoms with Gasteiger partial charge in [-0.1, -0.05) is 0 Å². The van der Waals surface area contributed by atoms with Crippen molar-refractivity contribution in [3.8, 4) is 5.75 Å². The van der Waals surface area contributed by atoms with E-state index in [0.29, 0.717) is 25.3 Å². The Bertz CT molecular complexity index is 777. The minimum atomic E-state index is -0.293. The minimum absolute atomic E-state index is 0.0174. The Morgan fingerprint density at radius 2 is 1.94 bits per heavy atom. The first-order chi connectivity index (χ1) is 14.8. The number of anilines is 1. The third kappa shape index (κ3) is 6.83. The molecule has 1 unspecified atom stereocenters. The molecule has 0 aromatic heterocycles. The number of piperazine rings is 1. The van der Waals surface area contributed by atoms with Crippen LogP contribution in [0.15, 0.2) is 30.0 Å². The summed E-state index contributed by atoms with van der Waals surface area (Å²) < 4.78 is 19.5. The Morgan fingerprint density at radius 1 is 1.19 bits per heavy atom. The van der Waals surface area contributed by atoms with Crippen molar-refractivity contribution >= 4 is 11.6 Å². The van der Waals surface area contributed by atoms with Crippen molar-refractivity contribution in [1.29, 1.82) is 0 Å². The van der Waals surface area contributed by atoms with E-state index in [-0.39, 0.29) is 23.9 Å². The third-order valence-electron chi connectivity index (χ3n) is 5.68. The van der Waals surface area contributed by atoms with Crippen molar-refractivity contribution in [2.75, 3.05) is 50.7 Å². The molecule has 1 aromatic rings. The highest BCUT2D eigenvalue weighted by Gasteiger charge is 2.22. The fraction of sp³-hybridized carbons (Fsp3) is 0.609. The molecule has 8 heteroatoms. The van der Waals surface area contributed by atoms with Crippen molar-refractivity contribution in [2.24, 2.45) is 11.5 Å². The van der Waals surface area contributed by atoms with Crippen LogP contribution in [-0.2, 0) is 4.79 Å². The van der Waals surface area contributed by atoms with E-state index in [1.165, 1.54) is 12.1 Å². The molecule has 0 radical (unpaired) electrons. The van der Waals surface area contributed by atoms with Gasteiger partial charge in [0.2, 0.25) is 5.91 Å². The summed E-state index contributed by atoms with van der Waals surface area (Å²) in [5.41, 5.74) is 14.1. The quantitative estimate of drug-likeness (QED) is 0.651.